The van der Waals surface area contributed by atoms with Gasteiger partial charge in [-0.25, -0.2) is 0 Å². The predicted molar refractivity (Wildman–Crippen MR) is 174 cm³/mol. The van der Waals surface area contributed by atoms with E-state index in [0.29, 0.717) is 0 Å². The van der Waals surface area contributed by atoms with Gasteiger partial charge in [0.2, 0.25) is 0 Å². The number of hydrogen-bond acceptors (Lipinski definition) is 0. The van der Waals surface area contributed by atoms with Crippen LogP contribution in [-0.4, -0.2) is 15.1 Å². The van der Waals surface area contributed by atoms with Gasteiger partial charge in [-0.2, -0.15) is 0 Å². The molecule has 0 saturated carbocycles. The Morgan fingerprint density at radius 2 is 1.03 bits per heavy atom. The minimum absolute atomic E-state index is 0.845. The van der Waals surface area contributed by atoms with Crippen molar-refractivity contribution in [2.24, 2.45) is 0 Å². The first-order valence-corrected chi connectivity index (χ1v) is 13.5. The molecule has 177 valence electrons. The van der Waals surface area contributed by atoms with Crippen LogP contribution in [-0.2, 0) is 0 Å². The maximum Gasteiger partial charge on any atom is 0.149 e. The molecule has 8 aromatic carbocycles. The van der Waals surface area contributed by atoms with Crippen molar-refractivity contribution in [3.05, 3.63) is 121 Å². The number of fused-ring (bicyclic) bond motifs is 8. The summed E-state index contributed by atoms with van der Waals surface area (Å²) in [4.78, 5) is 0. The SMILES string of the molecule is [B]c1c2ccccc2cc2c1cc(-c1ccc3c(ccc4c([B]C)c5ccccc5cc43)c1)c1ccccc12. The van der Waals surface area contributed by atoms with Crippen molar-refractivity contribution in [3.8, 4) is 11.1 Å². The highest BCUT2D eigenvalue weighted by Gasteiger charge is 2.14. The maximum atomic E-state index is 6.82. The molecule has 0 bridgehead atoms. The van der Waals surface area contributed by atoms with Gasteiger partial charge in [0.15, 0.2) is 0 Å². The summed E-state index contributed by atoms with van der Waals surface area (Å²) in [5.74, 6) is 0. The maximum absolute atomic E-state index is 6.82. The fraction of sp³-hybridized carbons (Fsp3) is 0.0270. The summed E-state index contributed by atoms with van der Waals surface area (Å²) in [6.45, 7) is 2.13. The highest BCUT2D eigenvalue weighted by molar-refractivity contribution is 6.60. The van der Waals surface area contributed by atoms with Crippen LogP contribution >= 0.6 is 0 Å². The Morgan fingerprint density at radius 3 is 1.79 bits per heavy atom. The molecule has 0 fully saturated rings. The third-order valence-electron chi connectivity index (χ3n) is 8.43. The minimum atomic E-state index is 0.845. The fourth-order valence-corrected chi connectivity index (χ4v) is 6.58. The van der Waals surface area contributed by atoms with Crippen LogP contribution in [0.1, 0.15) is 0 Å². The second-order valence-electron chi connectivity index (χ2n) is 10.5. The molecule has 8 aromatic rings. The van der Waals surface area contributed by atoms with Gasteiger partial charge in [0, 0.05) is 0 Å². The smallest absolute Gasteiger partial charge is 0.0872 e. The molecule has 0 amide bonds. The van der Waals surface area contributed by atoms with Crippen molar-refractivity contribution in [2.75, 3.05) is 0 Å². The van der Waals surface area contributed by atoms with Crippen molar-refractivity contribution in [3.63, 3.8) is 0 Å². The van der Waals surface area contributed by atoms with E-state index in [-0.39, 0.29) is 0 Å². The van der Waals surface area contributed by atoms with Gasteiger partial charge in [-0.05, 0) is 100 Å². The number of hydrogen-bond donors (Lipinski definition) is 0. The molecule has 0 saturated heterocycles. The molecule has 8 rings (SSSR count). The van der Waals surface area contributed by atoms with Gasteiger partial charge in [0.25, 0.3) is 0 Å². The largest absolute Gasteiger partial charge is 0.149 e. The monoisotopic (exact) mass is 489 g/mol. The zero-order valence-electron chi connectivity index (χ0n) is 21.7. The van der Waals surface area contributed by atoms with Crippen LogP contribution in [0, 0.1) is 0 Å². The second-order valence-corrected chi connectivity index (χ2v) is 10.5. The van der Waals surface area contributed by atoms with Crippen molar-refractivity contribution in [2.45, 2.75) is 6.82 Å². The summed E-state index contributed by atoms with van der Waals surface area (Å²) < 4.78 is 0. The molecule has 3 radical (unpaired) electrons. The standard InChI is InChI=1S/C37H23B2/c1-39-37-28-11-5-3-9-23(28)20-33-26-16-14-25(18-24(26)15-17-31(33)37)32-21-35-34(30-13-7-6-12-29(30)32)19-22-8-2-4-10-27(22)36(35)38/h2-21H,1H3. The van der Waals surface area contributed by atoms with Gasteiger partial charge in [0.05, 0.1) is 0 Å². The molecule has 0 nitrogen and oxygen atoms in total. The van der Waals surface area contributed by atoms with E-state index in [0.717, 1.165) is 16.2 Å². The molecule has 0 unspecified atom stereocenters. The number of rotatable bonds is 2. The third-order valence-corrected chi connectivity index (χ3v) is 8.43. The molecular formula is C37H23B2. The Bertz CT molecular complexity index is 2280. The molecule has 0 heterocycles. The van der Waals surface area contributed by atoms with Crippen LogP contribution in [0.3, 0.4) is 0 Å². The van der Waals surface area contributed by atoms with Gasteiger partial charge in [-0.1, -0.05) is 115 Å². The van der Waals surface area contributed by atoms with Gasteiger partial charge in [-0.3, -0.25) is 0 Å². The number of benzene rings is 8. The van der Waals surface area contributed by atoms with E-state index in [4.69, 9.17) is 7.85 Å². The van der Waals surface area contributed by atoms with Gasteiger partial charge < -0.3 is 0 Å². The fourth-order valence-electron chi connectivity index (χ4n) is 6.58. The average molecular weight is 489 g/mol. The van der Waals surface area contributed by atoms with Gasteiger partial charge in [-0.15, -0.1) is 0 Å². The van der Waals surface area contributed by atoms with Gasteiger partial charge in [0.1, 0.15) is 15.1 Å². The first kappa shape index (κ1) is 22.4. The Hall–Kier alpha value is -4.55. The lowest BCUT2D eigenvalue weighted by Crippen LogP contribution is -2.13. The minimum Gasteiger partial charge on any atom is -0.0872 e. The van der Waals surface area contributed by atoms with E-state index in [1.807, 2.05) is 0 Å². The first-order valence-electron chi connectivity index (χ1n) is 13.5. The summed E-state index contributed by atoms with van der Waals surface area (Å²) in [5, 5.41) is 14.8. The first-order chi connectivity index (χ1) is 19.2. The zero-order chi connectivity index (χ0) is 26.1. The highest BCUT2D eigenvalue weighted by atomic mass is 14.2. The van der Waals surface area contributed by atoms with Crippen molar-refractivity contribution < 1.29 is 0 Å². The summed E-state index contributed by atoms with van der Waals surface area (Å²) in [7, 11) is 9.05. The van der Waals surface area contributed by atoms with E-state index in [9.17, 15) is 0 Å². The van der Waals surface area contributed by atoms with Gasteiger partial charge >= 0.3 is 0 Å². The lowest BCUT2D eigenvalue weighted by atomic mass is 9.68. The van der Waals surface area contributed by atoms with Crippen molar-refractivity contribution >= 4 is 90.7 Å². The van der Waals surface area contributed by atoms with E-state index in [1.165, 1.54) is 70.5 Å². The molecule has 39 heavy (non-hydrogen) atoms. The van der Waals surface area contributed by atoms with E-state index in [1.54, 1.807) is 0 Å². The average Bonchev–Trinajstić information content (AvgIpc) is 2.99. The summed E-state index contributed by atoms with van der Waals surface area (Å²) in [6.07, 6.45) is 0. The van der Waals surface area contributed by atoms with Crippen LogP contribution in [0.4, 0.5) is 0 Å². The Labute approximate surface area is 229 Å². The molecule has 2 heteroatoms. The van der Waals surface area contributed by atoms with Crippen LogP contribution in [0.5, 0.6) is 0 Å². The Balaban J connectivity index is 1.42. The highest BCUT2D eigenvalue weighted by Crippen LogP contribution is 2.38. The van der Waals surface area contributed by atoms with Crippen LogP contribution < -0.4 is 10.9 Å². The van der Waals surface area contributed by atoms with Crippen LogP contribution in [0.2, 0.25) is 6.82 Å². The molecule has 0 spiro atoms. The van der Waals surface area contributed by atoms with E-state index < -0.39 is 0 Å². The van der Waals surface area contributed by atoms with Crippen LogP contribution in [0.25, 0.3) is 75.8 Å². The molecule has 0 aliphatic heterocycles. The lowest BCUT2D eigenvalue weighted by Gasteiger charge is -2.16. The quantitative estimate of drug-likeness (QED) is 0.130. The topological polar surface area (TPSA) is 0 Å². The summed E-state index contributed by atoms with van der Waals surface area (Å²) in [6, 6.07) is 44.2. The van der Waals surface area contributed by atoms with E-state index >= 15 is 0 Å². The Kier molecular flexibility index (Phi) is 4.88. The van der Waals surface area contributed by atoms with E-state index in [2.05, 4.69) is 135 Å². The normalized spacial score (nSPS) is 11.8. The molecular weight excluding hydrogens is 466 g/mol. The summed E-state index contributed by atoms with van der Waals surface area (Å²) >= 11 is 0. The second kappa shape index (κ2) is 8.48. The van der Waals surface area contributed by atoms with Crippen LogP contribution in [0.15, 0.2) is 121 Å². The molecule has 0 aliphatic carbocycles. The Morgan fingerprint density at radius 1 is 0.436 bits per heavy atom. The zero-order valence-corrected chi connectivity index (χ0v) is 21.7. The van der Waals surface area contributed by atoms with Crippen molar-refractivity contribution in [1.82, 2.24) is 0 Å². The third kappa shape index (κ3) is 3.28. The molecule has 0 N–H and O–H groups in total. The lowest BCUT2D eigenvalue weighted by molar-refractivity contribution is 1.72. The van der Waals surface area contributed by atoms with Crippen molar-refractivity contribution in [1.29, 1.82) is 0 Å². The predicted octanol–water partition coefficient (Wildman–Crippen LogP) is 8.44. The summed E-state index contributed by atoms with van der Waals surface area (Å²) in [5.41, 5.74) is 4.56. The molecule has 0 aromatic heterocycles. The molecule has 0 atom stereocenters. The molecule has 0 aliphatic rings.